The van der Waals surface area contributed by atoms with Gasteiger partial charge in [0.25, 0.3) is 0 Å². The Bertz CT molecular complexity index is 456. The summed E-state index contributed by atoms with van der Waals surface area (Å²) >= 11 is 0. The van der Waals surface area contributed by atoms with Crippen molar-refractivity contribution in [3.05, 3.63) is 0 Å². The minimum absolute atomic E-state index is 0.0767. The highest BCUT2D eigenvalue weighted by molar-refractivity contribution is 5.92. The molecule has 6 nitrogen and oxygen atoms in total. The van der Waals surface area contributed by atoms with Gasteiger partial charge >= 0.3 is 5.97 Å². The number of ether oxygens (including phenoxy) is 2. The zero-order valence-electron chi connectivity index (χ0n) is 15.7. The minimum atomic E-state index is -0.889. The van der Waals surface area contributed by atoms with Crippen LogP contribution in [-0.2, 0) is 23.9 Å². The Balaban J connectivity index is 5.28. The number of amides is 1. The highest BCUT2D eigenvalue weighted by atomic mass is 16.7. The predicted octanol–water partition coefficient (Wildman–Crippen LogP) is 2.31. The fraction of sp³-hybridized carbons (Fsp3) is 0.824. The van der Waals surface area contributed by atoms with Crippen LogP contribution in [0.3, 0.4) is 0 Å². The van der Waals surface area contributed by atoms with E-state index in [2.05, 4.69) is 5.32 Å². The van der Waals surface area contributed by atoms with Crippen molar-refractivity contribution in [2.45, 2.75) is 54.4 Å². The Labute approximate surface area is 139 Å². The second kappa shape index (κ2) is 7.90. The van der Waals surface area contributed by atoms with Crippen molar-refractivity contribution < 1.29 is 23.9 Å². The van der Waals surface area contributed by atoms with Gasteiger partial charge in [0.05, 0.1) is 10.8 Å². The van der Waals surface area contributed by atoms with Gasteiger partial charge in [-0.1, -0.05) is 20.8 Å². The Kier molecular flexibility index (Phi) is 7.41. The maximum Gasteiger partial charge on any atom is 0.313 e. The number of Topliss-reactive ketones (excluding diaryl/α,β-unsaturated/α-hetero) is 1. The molecule has 0 rings (SSSR count). The van der Waals surface area contributed by atoms with E-state index in [1.54, 1.807) is 41.7 Å². The van der Waals surface area contributed by atoms with Crippen LogP contribution in [0.2, 0.25) is 0 Å². The van der Waals surface area contributed by atoms with Crippen LogP contribution in [0.1, 0.15) is 54.4 Å². The number of carbonyl (C=O) groups is 3. The van der Waals surface area contributed by atoms with Gasteiger partial charge in [-0.05, 0) is 33.6 Å². The highest BCUT2D eigenvalue weighted by Gasteiger charge is 2.50. The quantitative estimate of drug-likeness (QED) is 0.518. The molecule has 0 aliphatic heterocycles. The molecule has 1 N–H and O–H groups in total. The number of hydrogen-bond donors (Lipinski definition) is 1. The standard InChI is InChI=1S/C17H31NO5/c1-12(19)17(6,16(4,5)13(20)18-7)10-9-15(2,3)14(21)23-11-22-8/h9-11H2,1-8H3,(H,18,20). The predicted molar refractivity (Wildman–Crippen MR) is 87.6 cm³/mol. The molecule has 0 radical (unpaired) electrons. The molecular formula is C17H31NO5. The molecule has 0 aromatic heterocycles. The zero-order chi connectivity index (χ0) is 18.5. The summed E-state index contributed by atoms with van der Waals surface area (Å²) in [5.41, 5.74) is -2.54. The highest BCUT2D eigenvalue weighted by Crippen LogP contribution is 2.45. The van der Waals surface area contributed by atoms with Crippen molar-refractivity contribution in [1.29, 1.82) is 0 Å². The number of carbonyl (C=O) groups excluding carboxylic acids is 3. The topological polar surface area (TPSA) is 81.7 Å². The summed E-state index contributed by atoms with van der Waals surface area (Å²) < 4.78 is 9.75. The third-order valence-electron chi connectivity index (χ3n) is 5.06. The molecule has 0 aromatic carbocycles. The van der Waals surface area contributed by atoms with Crippen molar-refractivity contribution in [3.63, 3.8) is 0 Å². The summed E-state index contributed by atoms with van der Waals surface area (Å²) in [6.07, 6.45) is 0.823. The molecule has 1 unspecified atom stereocenters. The Morgan fingerprint density at radius 2 is 1.52 bits per heavy atom. The SMILES string of the molecule is CNC(=O)C(C)(C)C(C)(CCC(C)(C)C(=O)OCOC)C(C)=O. The van der Waals surface area contributed by atoms with Crippen molar-refractivity contribution in [2.75, 3.05) is 21.0 Å². The van der Waals surface area contributed by atoms with Crippen LogP contribution in [0.4, 0.5) is 0 Å². The Hall–Kier alpha value is -1.43. The van der Waals surface area contributed by atoms with Gasteiger partial charge in [0.1, 0.15) is 5.78 Å². The van der Waals surface area contributed by atoms with Gasteiger partial charge in [-0.2, -0.15) is 0 Å². The fourth-order valence-corrected chi connectivity index (χ4v) is 2.46. The molecule has 0 heterocycles. The zero-order valence-corrected chi connectivity index (χ0v) is 15.7. The van der Waals surface area contributed by atoms with Crippen LogP contribution in [-0.4, -0.2) is 38.6 Å². The van der Waals surface area contributed by atoms with Crippen LogP contribution >= 0.6 is 0 Å². The molecule has 0 spiro atoms. The van der Waals surface area contributed by atoms with Gasteiger partial charge in [-0.15, -0.1) is 0 Å². The van der Waals surface area contributed by atoms with Crippen LogP contribution < -0.4 is 5.32 Å². The van der Waals surface area contributed by atoms with Crippen LogP contribution in [0, 0.1) is 16.2 Å². The molecule has 1 amide bonds. The molecule has 0 fully saturated rings. The number of ketones is 1. The second-order valence-electron chi connectivity index (χ2n) is 7.31. The van der Waals surface area contributed by atoms with E-state index in [0.717, 1.165) is 0 Å². The second-order valence-corrected chi connectivity index (χ2v) is 7.31. The van der Waals surface area contributed by atoms with Gasteiger partial charge in [0.2, 0.25) is 5.91 Å². The molecule has 0 aliphatic carbocycles. The first kappa shape index (κ1) is 21.6. The Morgan fingerprint density at radius 1 is 1.00 bits per heavy atom. The van der Waals surface area contributed by atoms with Crippen LogP contribution in [0.5, 0.6) is 0 Å². The summed E-state index contributed by atoms with van der Waals surface area (Å²) in [5.74, 6) is -0.662. The number of rotatable bonds is 9. The number of esters is 1. The molecule has 0 bridgehead atoms. The molecule has 1 atom stereocenters. The van der Waals surface area contributed by atoms with Gasteiger partial charge < -0.3 is 14.8 Å². The third kappa shape index (κ3) is 4.77. The summed E-state index contributed by atoms with van der Waals surface area (Å²) in [5, 5.41) is 2.61. The van der Waals surface area contributed by atoms with Crippen molar-refractivity contribution in [1.82, 2.24) is 5.32 Å². The maximum atomic E-state index is 12.3. The summed E-state index contributed by atoms with van der Waals surface area (Å²) in [4.78, 5) is 36.6. The summed E-state index contributed by atoms with van der Waals surface area (Å²) in [6, 6.07) is 0. The first-order valence-corrected chi connectivity index (χ1v) is 7.76. The van der Waals surface area contributed by atoms with Gasteiger partial charge in [-0.3, -0.25) is 14.4 Å². The van der Waals surface area contributed by atoms with Gasteiger partial charge in [0, 0.05) is 19.6 Å². The first-order chi connectivity index (χ1) is 10.4. The van der Waals surface area contributed by atoms with Crippen molar-refractivity contribution in [3.8, 4) is 0 Å². The van der Waals surface area contributed by atoms with Crippen LogP contribution in [0.15, 0.2) is 0 Å². The maximum absolute atomic E-state index is 12.3. The molecule has 0 aliphatic rings. The minimum Gasteiger partial charge on any atom is -0.438 e. The van der Waals surface area contributed by atoms with E-state index in [1.807, 2.05) is 0 Å². The molecule has 23 heavy (non-hydrogen) atoms. The lowest BCUT2D eigenvalue weighted by Gasteiger charge is -2.42. The smallest absolute Gasteiger partial charge is 0.313 e. The molecular weight excluding hydrogens is 298 g/mol. The van der Waals surface area contributed by atoms with E-state index in [1.165, 1.54) is 14.0 Å². The summed E-state index contributed by atoms with van der Waals surface area (Å²) in [6.45, 7) is 10.2. The number of nitrogens with one attached hydrogen (secondary N) is 1. The average molecular weight is 329 g/mol. The summed E-state index contributed by atoms with van der Waals surface area (Å²) in [7, 11) is 3.00. The first-order valence-electron chi connectivity index (χ1n) is 7.76. The lowest BCUT2D eigenvalue weighted by Crippen LogP contribution is -2.50. The molecule has 0 saturated carbocycles. The van der Waals surface area contributed by atoms with E-state index < -0.39 is 16.2 Å². The molecule has 0 saturated heterocycles. The van der Waals surface area contributed by atoms with E-state index in [-0.39, 0.29) is 24.5 Å². The lowest BCUT2D eigenvalue weighted by molar-refractivity contribution is -0.166. The van der Waals surface area contributed by atoms with Crippen molar-refractivity contribution >= 4 is 17.7 Å². The number of methoxy groups -OCH3 is 1. The monoisotopic (exact) mass is 329 g/mol. The lowest BCUT2D eigenvalue weighted by atomic mass is 9.60. The number of hydrogen-bond acceptors (Lipinski definition) is 5. The molecule has 0 aromatic rings. The van der Waals surface area contributed by atoms with E-state index >= 15 is 0 Å². The molecule has 6 heteroatoms. The van der Waals surface area contributed by atoms with E-state index in [4.69, 9.17) is 9.47 Å². The van der Waals surface area contributed by atoms with Crippen LogP contribution in [0.25, 0.3) is 0 Å². The van der Waals surface area contributed by atoms with E-state index in [0.29, 0.717) is 12.8 Å². The third-order valence-corrected chi connectivity index (χ3v) is 5.06. The largest absolute Gasteiger partial charge is 0.438 e. The Morgan fingerprint density at radius 3 is 1.91 bits per heavy atom. The van der Waals surface area contributed by atoms with Gasteiger partial charge in [-0.25, -0.2) is 0 Å². The van der Waals surface area contributed by atoms with Gasteiger partial charge in [0.15, 0.2) is 6.79 Å². The van der Waals surface area contributed by atoms with Crippen molar-refractivity contribution in [2.24, 2.45) is 16.2 Å². The van der Waals surface area contributed by atoms with E-state index in [9.17, 15) is 14.4 Å². The molecule has 134 valence electrons. The normalized spacial score (nSPS) is 14.8. The fourth-order valence-electron chi connectivity index (χ4n) is 2.46. The average Bonchev–Trinajstić information content (AvgIpc) is 2.48.